The number of carbonyl (C=O) groups is 2. The molecule has 2 aromatic carbocycles. The summed E-state index contributed by atoms with van der Waals surface area (Å²) in [5.74, 6) is -0.849. The number of alkyl carbamates (subject to hydrolysis) is 1. The molecule has 0 bridgehead atoms. The van der Waals surface area contributed by atoms with Crippen LogP contribution in [0.15, 0.2) is 79.0 Å². The van der Waals surface area contributed by atoms with Crippen molar-refractivity contribution in [2.45, 2.75) is 63.0 Å². The lowest BCUT2D eigenvalue weighted by Gasteiger charge is -2.33. The van der Waals surface area contributed by atoms with Crippen LogP contribution in [0.4, 0.5) is 23.7 Å². The van der Waals surface area contributed by atoms with Gasteiger partial charge >= 0.3 is 12.3 Å². The summed E-state index contributed by atoms with van der Waals surface area (Å²) in [6.07, 6.45) is -3.88. The number of likely N-dealkylation sites (N-methyl/N-ethyl adjacent to an activating group) is 1. The zero-order valence-electron chi connectivity index (χ0n) is 22.8. The van der Waals surface area contributed by atoms with Crippen molar-refractivity contribution in [1.82, 2.24) is 15.2 Å². The zero-order valence-corrected chi connectivity index (χ0v) is 22.8. The van der Waals surface area contributed by atoms with Gasteiger partial charge in [0.15, 0.2) is 6.04 Å². The Bertz CT molecular complexity index is 1270. The third kappa shape index (κ3) is 6.91. The number of benzene rings is 2. The summed E-state index contributed by atoms with van der Waals surface area (Å²) >= 11 is 0. The first-order valence-electron chi connectivity index (χ1n) is 13.0. The van der Waals surface area contributed by atoms with Crippen LogP contribution >= 0.6 is 0 Å². The number of pyridine rings is 1. The van der Waals surface area contributed by atoms with Gasteiger partial charge in [0, 0.05) is 7.05 Å². The maximum Gasteiger partial charge on any atom is 0.414 e. The highest BCUT2D eigenvalue weighted by molar-refractivity contribution is 5.93. The second-order valence-corrected chi connectivity index (χ2v) is 10.9. The molecular formula is C30H33F3N4O3. The zero-order chi connectivity index (χ0) is 29.1. The lowest BCUT2D eigenvalue weighted by atomic mass is 9.98. The van der Waals surface area contributed by atoms with Gasteiger partial charge in [-0.05, 0) is 56.9 Å². The molecule has 2 amide bonds. The number of hydrogen-bond acceptors (Lipinski definition) is 5. The molecule has 1 aromatic heterocycles. The van der Waals surface area contributed by atoms with E-state index in [1.807, 2.05) is 60.7 Å². The molecule has 1 saturated carbocycles. The van der Waals surface area contributed by atoms with Crippen LogP contribution < -0.4 is 10.6 Å². The molecule has 1 aliphatic rings. The normalized spacial score (nSPS) is 15.2. The molecule has 1 atom stereocenters. The van der Waals surface area contributed by atoms with Crippen LogP contribution in [0, 0.1) is 0 Å². The van der Waals surface area contributed by atoms with Gasteiger partial charge in [-0.2, -0.15) is 13.2 Å². The van der Waals surface area contributed by atoms with Crippen molar-refractivity contribution in [2.75, 3.05) is 12.4 Å². The van der Waals surface area contributed by atoms with Gasteiger partial charge < -0.3 is 20.3 Å². The molecule has 7 nitrogen and oxygen atoms in total. The van der Waals surface area contributed by atoms with Crippen LogP contribution in [0.5, 0.6) is 0 Å². The highest BCUT2D eigenvalue weighted by Crippen LogP contribution is 2.43. The molecule has 1 heterocycles. The van der Waals surface area contributed by atoms with Crippen LogP contribution in [-0.2, 0) is 9.53 Å². The second kappa shape index (κ2) is 11.2. The van der Waals surface area contributed by atoms with E-state index in [2.05, 4.69) is 15.6 Å². The molecule has 0 unspecified atom stereocenters. The Hall–Kier alpha value is -4.08. The fourth-order valence-corrected chi connectivity index (χ4v) is 4.53. The highest BCUT2D eigenvalue weighted by atomic mass is 19.4. The Balaban J connectivity index is 1.54. The Morgan fingerprint density at radius 3 is 1.90 bits per heavy atom. The van der Waals surface area contributed by atoms with E-state index >= 15 is 0 Å². The average Bonchev–Trinajstić information content (AvgIpc) is 3.67. The number of alkyl halides is 3. The molecule has 0 aliphatic heterocycles. The summed E-state index contributed by atoms with van der Waals surface area (Å²) < 4.78 is 48.1. The van der Waals surface area contributed by atoms with E-state index in [1.54, 1.807) is 20.8 Å². The Morgan fingerprint density at radius 2 is 1.48 bits per heavy atom. The van der Waals surface area contributed by atoms with Crippen LogP contribution in [0.1, 0.15) is 62.5 Å². The van der Waals surface area contributed by atoms with E-state index in [0.717, 1.165) is 18.2 Å². The van der Waals surface area contributed by atoms with Gasteiger partial charge in [-0.25, -0.2) is 4.79 Å². The van der Waals surface area contributed by atoms with Crippen LogP contribution in [0.2, 0.25) is 0 Å². The standard InChI is InChI=1S/C30H33F3N4O3/c1-28(2,3)40-27(39)36-29(17-18-29)26(38)37(4)25(30(31,32)33)23-16-15-22(19-34-23)35-24(20-11-7-5-8-12-20)21-13-9-6-10-14-21/h5-16,19,24-25,35H,17-18H2,1-4H3,(H,36,39)/t25-/m0/s1. The quantitative estimate of drug-likeness (QED) is 0.337. The van der Waals surface area contributed by atoms with E-state index < -0.39 is 35.4 Å². The predicted molar refractivity (Wildman–Crippen MR) is 145 cm³/mol. The number of rotatable bonds is 8. The lowest BCUT2D eigenvalue weighted by Crippen LogP contribution is -2.53. The topological polar surface area (TPSA) is 83.6 Å². The predicted octanol–water partition coefficient (Wildman–Crippen LogP) is 6.40. The SMILES string of the molecule is CN(C(=O)C1(NC(=O)OC(C)(C)C)CC1)[C@@H](c1ccc(NC(c2ccccc2)c2ccccc2)cn1)C(F)(F)F. The van der Waals surface area contributed by atoms with Gasteiger partial charge in [0.2, 0.25) is 5.91 Å². The van der Waals surface area contributed by atoms with Gasteiger partial charge in [-0.1, -0.05) is 60.7 Å². The molecule has 4 rings (SSSR count). The van der Waals surface area contributed by atoms with E-state index in [4.69, 9.17) is 4.74 Å². The van der Waals surface area contributed by atoms with E-state index in [-0.39, 0.29) is 24.6 Å². The third-order valence-electron chi connectivity index (χ3n) is 6.56. The minimum atomic E-state index is -4.80. The number of aromatic nitrogens is 1. The molecule has 0 spiro atoms. The molecule has 1 fully saturated rings. The average molecular weight is 555 g/mol. The number of anilines is 1. The van der Waals surface area contributed by atoms with E-state index in [1.165, 1.54) is 18.3 Å². The summed E-state index contributed by atoms with van der Waals surface area (Å²) in [5.41, 5.74) is -0.115. The minimum Gasteiger partial charge on any atom is -0.444 e. The van der Waals surface area contributed by atoms with Crippen molar-refractivity contribution in [3.63, 3.8) is 0 Å². The van der Waals surface area contributed by atoms with Crippen molar-refractivity contribution in [2.24, 2.45) is 0 Å². The van der Waals surface area contributed by atoms with Gasteiger partial charge in [0.1, 0.15) is 11.1 Å². The number of nitrogens with one attached hydrogen (secondary N) is 2. The fourth-order valence-electron chi connectivity index (χ4n) is 4.53. The molecule has 3 aromatic rings. The summed E-state index contributed by atoms with van der Waals surface area (Å²) in [4.78, 5) is 30.2. The molecule has 0 radical (unpaired) electrons. The van der Waals surface area contributed by atoms with Crippen molar-refractivity contribution >= 4 is 17.7 Å². The first kappa shape index (κ1) is 28.9. The van der Waals surface area contributed by atoms with Crippen molar-refractivity contribution in [3.05, 3.63) is 95.8 Å². The number of nitrogens with zero attached hydrogens (tertiary/aromatic N) is 2. The Labute approximate surface area is 231 Å². The summed E-state index contributed by atoms with van der Waals surface area (Å²) in [6, 6.07) is 19.6. The van der Waals surface area contributed by atoms with Crippen LogP contribution in [0.25, 0.3) is 0 Å². The first-order valence-corrected chi connectivity index (χ1v) is 13.0. The molecule has 0 saturated heterocycles. The number of hydrogen-bond donors (Lipinski definition) is 2. The third-order valence-corrected chi connectivity index (χ3v) is 6.56. The Morgan fingerprint density at radius 1 is 0.925 bits per heavy atom. The largest absolute Gasteiger partial charge is 0.444 e. The van der Waals surface area contributed by atoms with Gasteiger partial charge in [-0.3, -0.25) is 9.78 Å². The maximum absolute atomic E-state index is 14.3. The summed E-state index contributed by atoms with van der Waals surface area (Å²) in [6.45, 7) is 4.98. The number of halogens is 3. The number of ether oxygens (including phenoxy) is 1. The van der Waals surface area contributed by atoms with Crippen LogP contribution in [0.3, 0.4) is 0 Å². The molecular weight excluding hydrogens is 521 g/mol. The number of amides is 2. The summed E-state index contributed by atoms with van der Waals surface area (Å²) in [5, 5.41) is 5.83. The van der Waals surface area contributed by atoms with Crippen molar-refractivity contribution in [1.29, 1.82) is 0 Å². The smallest absolute Gasteiger partial charge is 0.414 e. The lowest BCUT2D eigenvalue weighted by molar-refractivity contribution is -0.190. The van der Waals surface area contributed by atoms with Gasteiger partial charge in [0.05, 0.1) is 23.6 Å². The van der Waals surface area contributed by atoms with E-state index in [0.29, 0.717) is 10.6 Å². The van der Waals surface area contributed by atoms with Crippen molar-refractivity contribution < 1.29 is 27.5 Å². The highest BCUT2D eigenvalue weighted by Gasteiger charge is 2.57. The molecule has 1 aliphatic carbocycles. The molecule has 10 heteroatoms. The summed E-state index contributed by atoms with van der Waals surface area (Å²) in [7, 11) is 1.08. The molecule has 2 N–H and O–H groups in total. The minimum absolute atomic E-state index is 0.219. The van der Waals surface area contributed by atoms with Gasteiger partial charge in [0.25, 0.3) is 0 Å². The second-order valence-electron chi connectivity index (χ2n) is 10.9. The van der Waals surface area contributed by atoms with E-state index in [9.17, 15) is 22.8 Å². The molecule has 212 valence electrons. The molecule has 40 heavy (non-hydrogen) atoms. The maximum atomic E-state index is 14.3. The fraction of sp³-hybridized carbons (Fsp3) is 0.367. The van der Waals surface area contributed by atoms with Crippen molar-refractivity contribution in [3.8, 4) is 0 Å². The monoisotopic (exact) mass is 554 g/mol. The van der Waals surface area contributed by atoms with Crippen LogP contribution in [-0.4, -0.2) is 46.2 Å². The number of carbonyl (C=O) groups excluding carboxylic acids is 2. The first-order chi connectivity index (χ1) is 18.8. The Kier molecular flexibility index (Phi) is 8.09. The van der Waals surface area contributed by atoms with Gasteiger partial charge in [-0.15, -0.1) is 0 Å².